The minimum atomic E-state index is 0.492. The molecule has 0 aliphatic heterocycles. The van der Waals surface area contributed by atoms with E-state index in [0.717, 1.165) is 6.04 Å². The van der Waals surface area contributed by atoms with Crippen LogP contribution in [0.4, 0.5) is 0 Å². The Kier molecular flexibility index (Phi) is 4.39. The predicted molar refractivity (Wildman–Crippen MR) is 62.6 cm³/mol. The van der Waals surface area contributed by atoms with Crippen LogP contribution in [0.2, 0.25) is 0 Å². The summed E-state index contributed by atoms with van der Waals surface area (Å²) in [4.78, 5) is 2.32. The van der Waals surface area contributed by atoms with Gasteiger partial charge in [-0.2, -0.15) is 0 Å². The zero-order chi connectivity index (χ0) is 10.6. The van der Waals surface area contributed by atoms with E-state index in [1.165, 1.54) is 38.8 Å². The van der Waals surface area contributed by atoms with Crippen LogP contribution in [0.25, 0.3) is 0 Å². The van der Waals surface area contributed by atoms with Gasteiger partial charge < -0.3 is 10.2 Å². The van der Waals surface area contributed by atoms with Crippen LogP contribution in [0.5, 0.6) is 0 Å². The largest absolute Gasteiger partial charge is 0.313 e. The van der Waals surface area contributed by atoms with Gasteiger partial charge in [-0.25, -0.2) is 0 Å². The van der Waals surface area contributed by atoms with E-state index in [1.807, 2.05) is 0 Å². The fourth-order valence-electron chi connectivity index (χ4n) is 2.10. The van der Waals surface area contributed by atoms with Crippen molar-refractivity contribution >= 4 is 0 Å². The van der Waals surface area contributed by atoms with Gasteiger partial charge in [0.2, 0.25) is 0 Å². The van der Waals surface area contributed by atoms with E-state index in [1.54, 1.807) is 0 Å². The second kappa shape index (κ2) is 5.13. The Labute approximate surface area is 89.1 Å². The first-order valence-corrected chi connectivity index (χ1v) is 6.00. The summed E-state index contributed by atoms with van der Waals surface area (Å²) in [6, 6.07) is 0.842. The van der Waals surface area contributed by atoms with Gasteiger partial charge in [-0.05, 0) is 45.2 Å². The van der Waals surface area contributed by atoms with E-state index in [4.69, 9.17) is 0 Å². The fraction of sp³-hybridized carbons (Fsp3) is 1.00. The highest BCUT2D eigenvalue weighted by molar-refractivity contribution is 4.87. The average molecular weight is 198 g/mol. The van der Waals surface area contributed by atoms with Crippen molar-refractivity contribution in [2.75, 3.05) is 27.2 Å². The lowest BCUT2D eigenvalue weighted by atomic mass is 9.81. The number of hydrogen-bond acceptors (Lipinski definition) is 2. The van der Waals surface area contributed by atoms with E-state index in [2.05, 4.69) is 38.2 Å². The highest BCUT2D eigenvalue weighted by atomic mass is 15.1. The predicted octanol–water partition coefficient (Wildman–Crippen LogP) is 2.11. The molecule has 84 valence electrons. The Balaban J connectivity index is 2.39. The first-order valence-electron chi connectivity index (χ1n) is 6.00. The molecule has 0 spiro atoms. The summed E-state index contributed by atoms with van der Waals surface area (Å²) >= 11 is 0. The van der Waals surface area contributed by atoms with Crippen molar-refractivity contribution in [1.29, 1.82) is 0 Å². The molecule has 1 aliphatic carbocycles. The number of nitrogens with one attached hydrogen (secondary N) is 1. The van der Waals surface area contributed by atoms with Crippen molar-refractivity contribution < 1.29 is 0 Å². The normalized spacial score (nSPS) is 17.8. The number of hydrogen-bond donors (Lipinski definition) is 1. The standard InChI is InChI=1S/C12H26N2/c1-5-12(6-2,10-14(3)4)9-13-11-7-8-11/h11,13H,5-10H2,1-4H3. The van der Waals surface area contributed by atoms with Gasteiger partial charge >= 0.3 is 0 Å². The van der Waals surface area contributed by atoms with Crippen LogP contribution in [0.1, 0.15) is 39.5 Å². The van der Waals surface area contributed by atoms with Crippen molar-refractivity contribution in [3.63, 3.8) is 0 Å². The fourth-order valence-corrected chi connectivity index (χ4v) is 2.10. The average Bonchev–Trinajstić information content (AvgIpc) is 2.95. The lowest BCUT2D eigenvalue weighted by molar-refractivity contribution is 0.174. The molecule has 0 atom stereocenters. The highest BCUT2D eigenvalue weighted by Gasteiger charge is 2.30. The molecule has 2 heteroatoms. The third kappa shape index (κ3) is 3.58. The Hall–Kier alpha value is -0.0800. The van der Waals surface area contributed by atoms with Crippen molar-refractivity contribution in [2.45, 2.75) is 45.6 Å². The molecule has 1 rings (SSSR count). The molecular weight excluding hydrogens is 172 g/mol. The monoisotopic (exact) mass is 198 g/mol. The molecule has 0 heterocycles. The molecule has 0 aromatic heterocycles. The highest BCUT2D eigenvalue weighted by Crippen LogP contribution is 2.28. The summed E-state index contributed by atoms with van der Waals surface area (Å²) in [5.74, 6) is 0. The second-order valence-corrected chi connectivity index (χ2v) is 5.10. The van der Waals surface area contributed by atoms with E-state index in [9.17, 15) is 0 Å². The van der Waals surface area contributed by atoms with Crippen molar-refractivity contribution in [1.82, 2.24) is 10.2 Å². The SMILES string of the molecule is CCC(CC)(CNC1CC1)CN(C)C. The van der Waals surface area contributed by atoms with E-state index in [-0.39, 0.29) is 0 Å². The maximum absolute atomic E-state index is 3.68. The van der Waals surface area contributed by atoms with E-state index in [0.29, 0.717) is 5.41 Å². The van der Waals surface area contributed by atoms with Gasteiger partial charge in [-0.15, -0.1) is 0 Å². The van der Waals surface area contributed by atoms with Crippen molar-refractivity contribution in [3.05, 3.63) is 0 Å². The van der Waals surface area contributed by atoms with Gasteiger partial charge in [0.1, 0.15) is 0 Å². The van der Waals surface area contributed by atoms with Crippen LogP contribution in [0.3, 0.4) is 0 Å². The lowest BCUT2D eigenvalue weighted by Gasteiger charge is -2.34. The van der Waals surface area contributed by atoms with Crippen LogP contribution in [-0.4, -0.2) is 38.1 Å². The van der Waals surface area contributed by atoms with Crippen molar-refractivity contribution in [3.8, 4) is 0 Å². The second-order valence-electron chi connectivity index (χ2n) is 5.10. The molecular formula is C12H26N2. The first kappa shape index (κ1) is 12.0. The van der Waals surface area contributed by atoms with Gasteiger partial charge in [-0.1, -0.05) is 13.8 Å². The van der Waals surface area contributed by atoms with Crippen LogP contribution < -0.4 is 5.32 Å². The van der Waals surface area contributed by atoms with Gasteiger partial charge in [0, 0.05) is 19.1 Å². The summed E-state index contributed by atoms with van der Waals surface area (Å²) in [5.41, 5.74) is 0.492. The van der Waals surface area contributed by atoms with Crippen LogP contribution in [0.15, 0.2) is 0 Å². The lowest BCUT2D eigenvalue weighted by Crippen LogP contribution is -2.41. The van der Waals surface area contributed by atoms with Crippen LogP contribution >= 0.6 is 0 Å². The van der Waals surface area contributed by atoms with Crippen LogP contribution in [-0.2, 0) is 0 Å². The zero-order valence-electron chi connectivity index (χ0n) is 10.3. The molecule has 0 saturated heterocycles. The molecule has 2 nitrogen and oxygen atoms in total. The van der Waals surface area contributed by atoms with Gasteiger partial charge in [-0.3, -0.25) is 0 Å². The Morgan fingerprint density at radius 3 is 2.14 bits per heavy atom. The van der Waals surface area contributed by atoms with Crippen molar-refractivity contribution in [2.24, 2.45) is 5.41 Å². The summed E-state index contributed by atoms with van der Waals surface area (Å²) < 4.78 is 0. The third-order valence-electron chi connectivity index (χ3n) is 3.49. The molecule has 1 fully saturated rings. The Morgan fingerprint density at radius 1 is 1.21 bits per heavy atom. The number of nitrogens with zero attached hydrogens (tertiary/aromatic N) is 1. The molecule has 1 saturated carbocycles. The molecule has 0 bridgehead atoms. The minimum absolute atomic E-state index is 0.492. The molecule has 0 aromatic rings. The molecule has 0 radical (unpaired) electrons. The third-order valence-corrected chi connectivity index (χ3v) is 3.49. The summed E-state index contributed by atoms with van der Waals surface area (Å²) in [7, 11) is 4.36. The van der Waals surface area contributed by atoms with E-state index >= 15 is 0 Å². The maximum atomic E-state index is 3.68. The smallest absolute Gasteiger partial charge is 0.00684 e. The molecule has 0 unspecified atom stereocenters. The summed E-state index contributed by atoms with van der Waals surface area (Å²) in [6.45, 7) is 7.05. The molecule has 1 aliphatic rings. The van der Waals surface area contributed by atoms with Gasteiger partial charge in [0.05, 0.1) is 0 Å². The zero-order valence-corrected chi connectivity index (χ0v) is 10.3. The summed E-state index contributed by atoms with van der Waals surface area (Å²) in [5, 5.41) is 3.68. The van der Waals surface area contributed by atoms with Gasteiger partial charge in [0.25, 0.3) is 0 Å². The molecule has 0 aromatic carbocycles. The Morgan fingerprint density at radius 2 is 1.79 bits per heavy atom. The summed E-state index contributed by atoms with van der Waals surface area (Å²) in [6.07, 6.45) is 5.35. The Bertz CT molecular complexity index is 158. The van der Waals surface area contributed by atoms with E-state index < -0.39 is 0 Å². The first-order chi connectivity index (χ1) is 6.62. The molecule has 0 amide bonds. The van der Waals surface area contributed by atoms with Gasteiger partial charge in [0.15, 0.2) is 0 Å². The van der Waals surface area contributed by atoms with Crippen LogP contribution in [0, 0.1) is 5.41 Å². The minimum Gasteiger partial charge on any atom is -0.313 e. The maximum Gasteiger partial charge on any atom is 0.00684 e. The topological polar surface area (TPSA) is 15.3 Å². The molecule has 1 N–H and O–H groups in total. The molecule has 14 heavy (non-hydrogen) atoms. The quantitative estimate of drug-likeness (QED) is 0.674. The number of rotatable bonds is 7.